The van der Waals surface area contributed by atoms with Crippen LogP contribution in [-0.2, 0) is 24.7 Å². The molecule has 5 rings (SSSR count). The number of hydrogen-bond donors (Lipinski definition) is 3. The molecule has 0 spiro atoms. The van der Waals surface area contributed by atoms with Crippen LogP contribution in [0.3, 0.4) is 0 Å². The Kier molecular flexibility index (Phi) is 4.78. The van der Waals surface area contributed by atoms with Crippen LogP contribution in [0.1, 0.15) is 17.0 Å². The highest BCUT2D eigenvalue weighted by atomic mass is 16.3. The molecular formula is C24H24N5O2+. The molecule has 3 heterocycles. The van der Waals surface area contributed by atoms with Gasteiger partial charge in [-0.05, 0) is 29.8 Å². The number of nitrogens with zero attached hydrogens (tertiary/aromatic N) is 3. The molecule has 0 saturated carbocycles. The normalized spacial score (nSPS) is 18.1. The minimum absolute atomic E-state index is 0.0429. The number of carbonyl (C=O) groups excluding carboxylic acids is 1. The number of allylic oxidation sites excluding steroid dienone is 1. The zero-order valence-electron chi connectivity index (χ0n) is 17.2. The van der Waals surface area contributed by atoms with Gasteiger partial charge in [0, 0.05) is 31.4 Å². The van der Waals surface area contributed by atoms with Gasteiger partial charge in [-0.2, -0.15) is 0 Å². The van der Waals surface area contributed by atoms with E-state index in [2.05, 4.69) is 27.4 Å². The predicted molar refractivity (Wildman–Crippen MR) is 116 cm³/mol. The molecule has 1 atom stereocenters. The van der Waals surface area contributed by atoms with Gasteiger partial charge in [0.2, 0.25) is 11.4 Å². The monoisotopic (exact) mass is 414 g/mol. The molecule has 156 valence electrons. The van der Waals surface area contributed by atoms with Gasteiger partial charge in [0.05, 0.1) is 6.42 Å². The van der Waals surface area contributed by atoms with E-state index in [-0.39, 0.29) is 17.7 Å². The highest BCUT2D eigenvalue weighted by Gasteiger charge is 2.43. The van der Waals surface area contributed by atoms with E-state index >= 15 is 0 Å². The van der Waals surface area contributed by atoms with E-state index in [1.54, 1.807) is 18.3 Å². The van der Waals surface area contributed by atoms with Crippen molar-refractivity contribution in [1.29, 1.82) is 0 Å². The summed E-state index contributed by atoms with van der Waals surface area (Å²) < 4.78 is 1.94. The molecule has 0 bridgehead atoms. The van der Waals surface area contributed by atoms with Crippen LogP contribution in [0, 0.1) is 0 Å². The minimum atomic E-state index is -0.358. The van der Waals surface area contributed by atoms with Crippen molar-refractivity contribution in [2.45, 2.75) is 18.9 Å². The molecule has 1 saturated heterocycles. The Bertz CT molecular complexity index is 1180. The van der Waals surface area contributed by atoms with E-state index in [1.165, 1.54) is 0 Å². The van der Waals surface area contributed by atoms with E-state index in [0.717, 1.165) is 34.2 Å². The molecule has 3 N–H and O–H groups in total. The van der Waals surface area contributed by atoms with Crippen LogP contribution in [0.15, 0.2) is 78.5 Å². The molecule has 2 aliphatic rings. The number of nitrogens with one attached hydrogen (secondary N) is 2. The van der Waals surface area contributed by atoms with E-state index in [4.69, 9.17) is 0 Å². The predicted octanol–water partition coefficient (Wildman–Crippen LogP) is 0.464. The number of aryl methyl sites for hydroxylation is 1. The lowest BCUT2D eigenvalue weighted by molar-refractivity contribution is -0.406. The van der Waals surface area contributed by atoms with Crippen LogP contribution in [0.25, 0.3) is 0 Å². The lowest BCUT2D eigenvalue weighted by atomic mass is 10.1. The molecule has 1 aromatic heterocycles. The molecule has 0 radical (unpaired) electrons. The summed E-state index contributed by atoms with van der Waals surface area (Å²) >= 11 is 0. The van der Waals surface area contributed by atoms with E-state index in [9.17, 15) is 9.90 Å². The summed E-state index contributed by atoms with van der Waals surface area (Å²) in [5.41, 5.74) is 3.99. The smallest absolute Gasteiger partial charge is 0.251 e. The standard InChI is InChI=1S/C24H23N5O2/c1-28-12-11-25-22(28)14-20-24(31)29-15-21(17-7-9-18(30)10-8-17)26-19(23(29)27-20)13-16-5-3-2-4-6-16/h2-12,20,27,30H,13-15H2,1H3/p+1. The van der Waals surface area contributed by atoms with Crippen molar-refractivity contribution in [1.82, 2.24) is 19.8 Å². The highest BCUT2D eigenvalue weighted by Crippen LogP contribution is 2.22. The van der Waals surface area contributed by atoms with Crippen LogP contribution in [0.2, 0.25) is 0 Å². The van der Waals surface area contributed by atoms with Gasteiger partial charge in [-0.3, -0.25) is 9.69 Å². The maximum atomic E-state index is 13.3. The molecule has 7 heteroatoms. The third-order valence-corrected chi connectivity index (χ3v) is 5.80. The van der Waals surface area contributed by atoms with Gasteiger partial charge in [-0.25, -0.2) is 9.98 Å². The summed E-state index contributed by atoms with van der Waals surface area (Å²) in [4.78, 5) is 23.1. The number of imidazole rings is 1. The van der Waals surface area contributed by atoms with Crippen LogP contribution < -0.4 is 10.3 Å². The van der Waals surface area contributed by atoms with Gasteiger partial charge in [0.25, 0.3) is 5.91 Å². The van der Waals surface area contributed by atoms with Crippen LogP contribution in [-0.4, -0.2) is 43.8 Å². The molecule has 2 aliphatic heterocycles. The maximum Gasteiger partial charge on any atom is 0.251 e. The number of amides is 1. The summed E-state index contributed by atoms with van der Waals surface area (Å²) in [7, 11) is 1.94. The van der Waals surface area contributed by atoms with Crippen molar-refractivity contribution in [2.75, 3.05) is 6.54 Å². The quantitative estimate of drug-likeness (QED) is 0.567. The minimum Gasteiger partial charge on any atom is -0.508 e. The number of carbonyl (C=O) groups is 1. The Hall–Kier alpha value is -3.87. The number of aromatic hydroxyl groups is 1. The average Bonchev–Trinajstić information content (AvgIpc) is 3.33. The summed E-state index contributed by atoms with van der Waals surface area (Å²) in [6.07, 6.45) is 4.83. The van der Waals surface area contributed by atoms with Crippen LogP contribution in [0.4, 0.5) is 0 Å². The van der Waals surface area contributed by atoms with Gasteiger partial charge >= 0.3 is 0 Å². The van der Waals surface area contributed by atoms with Crippen molar-refractivity contribution < 1.29 is 14.9 Å². The molecule has 0 aliphatic carbocycles. The molecule has 1 fully saturated rings. The second kappa shape index (κ2) is 7.75. The van der Waals surface area contributed by atoms with Crippen LogP contribution in [0.5, 0.6) is 5.75 Å². The highest BCUT2D eigenvalue weighted by molar-refractivity contribution is 6.02. The number of phenolic OH excluding ortho intramolecular Hbond substituents is 1. The number of phenols is 1. The van der Waals surface area contributed by atoms with E-state index < -0.39 is 0 Å². The van der Waals surface area contributed by atoms with E-state index in [1.807, 2.05) is 53.0 Å². The summed E-state index contributed by atoms with van der Waals surface area (Å²) in [6, 6.07) is 16.9. The maximum absolute atomic E-state index is 13.3. The van der Waals surface area contributed by atoms with Gasteiger partial charge in [0.15, 0.2) is 5.82 Å². The summed E-state index contributed by atoms with van der Waals surface area (Å²) in [5.74, 6) is 1.96. The first-order valence-electron chi connectivity index (χ1n) is 10.3. The number of fused-ring (bicyclic) bond motifs is 1. The van der Waals surface area contributed by atoms with Crippen molar-refractivity contribution in [2.24, 2.45) is 7.05 Å². The fourth-order valence-electron chi connectivity index (χ4n) is 4.12. The Morgan fingerprint density at radius 2 is 1.94 bits per heavy atom. The zero-order valence-corrected chi connectivity index (χ0v) is 17.2. The average molecular weight is 414 g/mol. The molecule has 1 amide bonds. The Balaban J connectivity index is 1.50. The van der Waals surface area contributed by atoms with Gasteiger partial charge in [-0.15, -0.1) is 0 Å². The number of benzene rings is 2. The lowest BCUT2D eigenvalue weighted by Crippen LogP contribution is -2.76. The Morgan fingerprint density at radius 1 is 1.16 bits per heavy atom. The fourth-order valence-corrected chi connectivity index (χ4v) is 4.12. The third-order valence-electron chi connectivity index (χ3n) is 5.80. The molecule has 1 unspecified atom stereocenters. The van der Waals surface area contributed by atoms with Gasteiger partial charge < -0.3 is 15.0 Å². The lowest BCUT2D eigenvalue weighted by Gasteiger charge is -2.20. The second-order valence-electron chi connectivity index (χ2n) is 7.92. The van der Waals surface area contributed by atoms with Crippen molar-refractivity contribution in [3.63, 3.8) is 0 Å². The zero-order chi connectivity index (χ0) is 21.4. The molecule has 7 nitrogen and oxygen atoms in total. The number of aromatic nitrogens is 2. The summed E-state index contributed by atoms with van der Waals surface area (Å²) in [6.45, 7) is 0.446. The molecule has 31 heavy (non-hydrogen) atoms. The molecule has 3 aromatic rings. The van der Waals surface area contributed by atoms with Crippen molar-refractivity contribution in [3.05, 3.63) is 95.5 Å². The van der Waals surface area contributed by atoms with Gasteiger partial charge in [0.1, 0.15) is 24.2 Å². The molecular weight excluding hydrogens is 390 g/mol. The van der Waals surface area contributed by atoms with Crippen LogP contribution >= 0.6 is 0 Å². The number of hydrogen-bond acceptors (Lipinski definition) is 4. The van der Waals surface area contributed by atoms with E-state index in [0.29, 0.717) is 19.4 Å². The fraction of sp³-hybridized carbons (Fsp3) is 0.208. The van der Waals surface area contributed by atoms with Gasteiger partial charge in [-0.1, -0.05) is 30.3 Å². The third kappa shape index (κ3) is 3.70. The first-order chi connectivity index (χ1) is 15.1. The summed E-state index contributed by atoms with van der Waals surface area (Å²) in [5, 5.41) is 13.1. The van der Waals surface area contributed by atoms with Crippen molar-refractivity contribution >= 4 is 11.6 Å². The Morgan fingerprint density at radius 3 is 2.65 bits per heavy atom. The SMILES string of the molecule is Cn1ccnc1CC1NC2=C(Cc3ccccc3)[NH+]=C(c3ccc(O)cc3)CN2C1=O. The number of rotatable bonds is 5. The second-order valence-corrected chi connectivity index (χ2v) is 7.92. The Labute approximate surface area is 180 Å². The molecule has 2 aromatic carbocycles. The topological polar surface area (TPSA) is 84.4 Å². The van der Waals surface area contributed by atoms with Crippen molar-refractivity contribution in [3.8, 4) is 5.75 Å². The largest absolute Gasteiger partial charge is 0.508 e. The first-order valence-corrected chi connectivity index (χ1v) is 10.3. The first kappa shape index (κ1) is 19.1.